The van der Waals surface area contributed by atoms with Crippen LogP contribution in [0.25, 0.3) is 0 Å². The molecule has 0 spiro atoms. The third-order valence-corrected chi connectivity index (χ3v) is 4.35. The van der Waals surface area contributed by atoms with Crippen molar-refractivity contribution in [3.8, 4) is 0 Å². The summed E-state index contributed by atoms with van der Waals surface area (Å²) in [6.07, 6.45) is 2.08. The van der Waals surface area contributed by atoms with E-state index in [0.717, 1.165) is 18.4 Å². The molecule has 18 heavy (non-hydrogen) atoms. The fourth-order valence-corrected chi connectivity index (χ4v) is 3.68. The first-order chi connectivity index (χ1) is 8.19. The van der Waals surface area contributed by atoms with Crippen LogP contribution in [0.4, 0.5) is 0 Å². The monoisotopic (exact) mass is 244 g/mol. The van der Waals surface area contributed by atoms with Gasteiger partial charge >= 0.3 is 0 Å². The maximum atomic E-state index is 11.8. The second-order valence-corrected chi connectivity index (χ2v) is 6.91. The molecule has 1 aliphatic carbocycles. The van der Waals surface area contributed by atoms with E-state index in [9.17, 15) is 4.79 Å². The summed E-state index contributed by atoms with van der Waals surface area (Å²) >= 11 is 0. The molecule has 0 amide bonds. The van der Waals surface area contributed by atoms with E-state index in [1.807, 2.05) is 0 Å². The van der Waals surface area contributed by atoms with Crippen LogP contribution >= 0.6 is 0 Å². The van der Waals surface area contributed by atoms with E-state index in [1.165, 1.54) is 16.7 Å². The van der Waals surface area contributed by atoms with Gasteiger partial charge in [-0.2, -0.15) is 0 Å². The van der Waals surface area contributed by atoms with Crippen LogP contribution < -0.4 is 0 Å². The van der Waals surface area contributed by atoms with Gasteiger partial charge in [-0.15, -0.1) is 0 Å². The molecule has 1 heteroatoms. The minimum Gasteiger partial charge on any atom is -0.295 e. The number of hydrogen-bond donors (Lipinski definition) is 0. The number of aryl methyl sites for hydroxylation is 1. The maximum absolute atomic E-state index is 11.8. The smallest absolute Gasteiger partial charge is 0.160 e. The predicted molar refractivity (Wildman–Crippen MR) is 76.5 cm³/mol. The van der Waals surface area contributed by atoms with Crippen LogP contribution in [-0.2, 0) is 17.3 Å². The molecule has 0 aromatic heterocycles. The molecular weight excluding hydrogens is 220 g/mol. The largest absolute Gasteiger partial charge is 0.295 e. The summed E-state index contributed by atoms with van der Waals surface area (Å²) in [4.78, 5) is 11.8. The molecule has 0 bridgehead atoms. The lowest BCUT2D eigenvalue weighted by Crippen LogP contribution is -2.18. The van der Waals surface area contributed by atoms with E-state index in [-0.39, 0.29) is 16.6 Å². The minimum absolute atomic E-state index is 0.176. The molecule has 98 valence electrons. The average Bonchev–Trinajstić information content (AvgIpc) is 2.42. The first kappa shape index (κ1) is 13.3. The quantitative estimate of drug-likeness (QED) is 0.704. The van der Waals surface area contributed by atoms with Crippen molar-refractivity contribution >= 4 is 5.78 Å². The summed E-state index contributed by atoms with van der Waals surface area (Å²) in [6, 6.07) is 4.44. The van der Waals surface area contributed by atoms with E-state index in [1.54, 1.807) is 6.92 Å². The SMILES string of the molecule is CCc1cc2c(cc1C(C)=O)C(C)(C)CC2(C)C. The van der Waals surface area contributed by atoms with Crippen molar-refractivity contribution in [2.24, 2.45) is 0 Å². The number of rotatable bonds is 2. The van der Waals surface area contributed by atoms with Gasteiger partial charge in [0.15, 0.2) is 5.78 Å². The van der Waals surface area contributed by atoms with Crippen molar-refractivity contribution in [3.63, 3.8) is 0 Å². The zero-order valence-corrected chi connectivity index (χ0v) is 12.5. The van der Waals surface area contributed by atoms with Gasteiger partial charge < -0.3 is 0 Å². The number of Topliss-reactive ketones (excluding diaryl/α,β-unsaturated/α-hetero) is 1. The predicted octanol–water partition coefficient (Wildman–Crippen LogP) is 4.41. The van der Waals surface area contributed by atoms with Crippen molar-refractivity contribution in [1.29, 1.82) is 0 Å². The van der Waals surface area contributed by atoms with Crippen molar-refractivity contribution in [3.05, 3.63) is 34.4 Å². The summed E-state index contributed by atoms with van der Waals surface area (Å²) < 4.78 is 0. The van der Waals surface area contributed by atoms with Crippen molar-refractivity contribution in [2.75, 3.05) is 0 Å². The Morgan fingerprint density at radius 2 is 1.61 bits per heavy atom. The lowest BCUT2D eigenvalue weighted by atomic mass is 9.82. The third kappa shape index (κ3) is 1.90. The van der Waals surface area contributed by atoms with Crippen LogP contribution in [0.2, 0.25) is 0 Å². The van der Waals surface area contributed by atoms with Crippen LogP contribution in [-0.4, -0.2) is 5.78 Å². The zero-order valence-electron chi connectivity index (χ0n) is 12.5. The summed E-state index contributed by atoms with van der Waals surface area (Å²) in [5, 5.41) is 0. The van der Waals surface area contributed by atoms with Gasteiger partial charge in [-0.3, -0.25) is 4.79 Å². The molecule has 0 aliphatic heterocycles. The van der Waals surface area contributed by atoms with Crippen LogP contribution in [0.3, 0.4) is 0 Å². The molecule has 0 heterocycles. The fourth-order valence-electron chi connectivity index (χ4n) is 3.68. The fraction of sp³-hybridized carbons (Fsp3) is 0.588. The molecule has 0 radical (unpaired) electrons. The molecule has 0 atom stereocenters. The van der Waals surface area contributed by atoms with Gasteiger partial charge in [0.25, 0.3) is 0 Å². The number of benzene rings is 1. The standard InChI is InChI=1S/C17H24O/c1-7-12-8-14-15(9-13(12)11(2)18)17(5,6)10-16(14,3)4/h8-9H,7,10H2,1-6H3. The highest BCUT2D eigenvalue weighted by atomic mass is 16.1. The Labute approximate surface area is 111 Å². The number of hydrogen-bond acceptors (Lipinski definition) is 1. The average molecular weight is 244 g/mol. The Bertz CT molecular complexity index is 507. The van der Waals surface area contributed by atoms with Crippen LogP contribution in [0.5, 0.6) is 0 Å². The van der Waals surface area contributed by atoms with Crippen LogP contribution in [0.15, 0.2) is 12.1 Å². The van der Waals surface area contributed by atoms with Gasteiger partial charge in [0, 0.05) is 5.56 Å². The molecule has 0 fully saturated rings. The van der Waals surface area contributed by atoms with Crippen molar-refractivity contribution in [2.45, 2.75) is 65.2 Å². The van der Waals surface area contributed by atoms with E-state index in [4.69, 9.17) is 0 Å². The molecule has 0 unspecified atom stereocenters. The lowest BCUT2D eigenvalue weighted by Gasteiger charge is -2.22. The summed E-state index contributed by atoms with van der Waals surface area (Å²) in [6.45, 7) is 13.0. The van der Waals surface area contributed by atoms with Crippen LogP contribution in [0.1, 0.15) is 75.0 Å². The maximum Gasteiger partial charge on any atom is 0.160 e. The van der Waals surface area contributed by atoms with Gasteiger partial charge in [-0.05, 0) is 53.4 Å². The molecule has 0 saturated heterocycles. The highest BCUT2D eigenvalue weighted by molar-refractivity contribution is 5.96. The van der Waals surface area contributed by atoms with Crippen molar-refractivity contribution < 1.29 is 4.79 Å². The van der Waals surface area contributed by atoms with E-state index in [0.29, 0.717) is 0 Å². The Morgan fingerprint density at radius 1 is 1.11 bits per heavy atom. The van der Waals surface area contributed by atoms with Gasteiger partial charge in [-0.1, -0.05) is 40.7 Å². The summed E-state index contributed by atoms with van der Waals surface area (Å²) in [7, 11) is 0. The number of ketones is 1. The number of carbonyl (C=O) groups excluding carboxylic acids is 1. The molecule has 1 aromatic rings. The third-order valence-electron chi connectivity index (χ3n) is 4.35. The second-order valence-electron chi connectivity index (χ2n) is 6.91. The normalized spacial score (nSPS) is 19.7. The molecule has 1 aromatic carbocycles. The van der Waals surface area contributed by atoms with Gasteiger partial charge in [0.05, 0.1) is 0 Å². The van der Waals surface area contributed by atoms with Crippen molar-refractivity contribution in [1.82, 2.24) is 0 Å². The minimum atomic E-state index is 0.176. The van der Waals surface area contributed by atoms with E-state index < -0.39 is 0 Å². The topological polar surface area (TPSA) is 17.1 Å². The molecular formula is C17H24O. The Balaban J connectivity index is 2.72. The number of carbonyl (C=O) groups is 1. The molecule has 0 N–H and O–H groups in total. The summed E-state index contributed by atoms with van der Waals surface area (Å²) in [5.74, 6) is 0.190. The molecule has 1 nitrogen and oxygen atoms in total. The van der Waals surface area contributed by atoms with Crippen LogP contribution in [0, 0.1) is 0 Å². The van der Waals surface area contributed by atoms with Gasteiger partial charge in [0.1, 0.15) is 0 Å². The first-order valence-electron chi connectivity index (χ1n) is 6.88. The van der Waals surface area contributed by atoms with Gasteiger partial charge in [0.2, 0.25) is 0 Å². The molecule has 2 rings (SSSR count). The zero-order chi connectivity index (χ0) is 13.7. The first-order valence-corrected chi connectivity index (χ1v) is 6.88. The molecule has 1 aliphatic rings. The molecule has 0 saturated carbocycles. The Kier molecular flexibility index (Phi) is 2.92. The summed E-state index contributed by atoms with van der Waals surface area (Å²) in [5.41, 5.74) is 5.33. The second kappa shape index (κ2) is 3.94. The van der Waals surface area contributed by atoms with Gasteiger partial charge in [-0.25, -0.2) is 0 Å². The van der Waals surface area contributed by atoms with E-state index in [2.05, 4.69) is 46.8 Å². The van der Waals surface area contributed by atoms with E-state index >= 15 is 0 Å². The Hall–Kier alpha value is -1.11. The highest BCUT2D eigenvalue weighted by Gasteiger charge is 2.42. The highest BCUT2D eigenvalue weighted by Crippen LogP contribution is 2.50. The number of fused-ring (bicyclic) bond motifs is 1. The lowest BCUT2D eigenvalue weighted by molar-refractivity contribution is 0.101. The Morgan fingerprint density at radius 3 is 2.06 bits per heavy atom.